The maximum absolute atomic E-state index is 4.92. The molecule has 0 unspecified atom stereocenters. The summed E-state index contributed by atoms with van der Waals surface area (Å²) in [5, 5.41) is 12.0. The van der Waals surface area contributed by atoms with Crippen LogP contribution in [0.1, 0.15) is 30.4 Å². The molecule has 1 saturated heterocycles. The van der Waals surface area contributed by atoms with E-state index in [1.54, 1.807) is 6.26 Å². The molecule has 0 spiro atoms. The number of aryl methyl sites for hydroxylation is 3. The van der Waals surface area contributed by atoms with Crippen LogP contribution < -0.4 is 5.32 Å². The summed E-state index contributed by atoms with van der Waals surface area (Å²) in [6.45, 7) is 13.7. The van der Waals surface area contributed by atoms with Crippen molar-refractivity contribution in [2.45, 2.75) is 40.3 Å². The second kappa shape index (κ2) is 9.55. The molecular formula is C19H31N7O. The zero-order valence-corrected chi connectivity index (χ0v) is 16.7. The number of aromatic nitrogens is 3. The van der Waals surface area contributed by atoms with Crippen LogP contribution in [0.15, 0.2) is 27.9 Å². The van der Waals surface area contributed by atoms with E-state index in [4.69, 9.17) is 9.52 Å². The molecule has 0 aliphatic carbocycles. The molecule has 0 atom stereocenters. The Kier molecular flexibility index (Phi) is 6.86. The molecule has 3 rings (SSSR count). The van der Waals surface area contributed by atoms with E-state index in [0.717, 1.165) is 76.1 Å². The van der Waals surface area contributed by atoms with E-state index >= 15 is 0 Å². The average Bonchev–Trinajstić information content (AvgIpc) is 3.28. The first kappa shape index (κ1) is 19.4. The van der Waals surface area contributed by atoms with E-state index in [1.807, 2.05) is 13.0 Å². The Morgan fingerprint density at radius 3 is 2.70 bits per heavy atom. The minimum atomic E-state index is 0.805. The molecule has 8 nitrogen and oxygen atoms in total. The maximum Gasteiger partial charge on any atom is 0.194 e. The van der Waals surface area contributed by atoms with E-state index in [2.05, 4.69) is 50.0 Å². The van der Waals surface area contributed by atoms with E-state index < -0.39 is 0 Å². The van der Waals surface area contributed by atoms with Crippen LogP contribution in [0.5, 0.6) is 0 Å². The third-order valence-electron chi connectivity index (χ3n) is 4.78. The van der Waals surface area contributed by atoms with Gasteiger partial charge in [0.05, 0.1) is 11.4 Å². The fourth-order valence-corrected chi connectivity index (χ4v) is 3.40. The standard InChI is InChI=1S/C19H31N7O/c1-4-20-19(21-7-5-8-26-17(3)14-16(2)22-26)25-11-9-24(10-12-25)15-18-6-13-27-23-18/h6,13-14H,4-5,7-12,15H2,1-3H3,(H,20,21). The molecule has 148 valence electrons. The highest BCUT2D eigenvalue weighted by Gasteiger charge is 2.20. The van der Waals surface area contributed by atoms with Crippen LogP contribution in [0.4, 0.5) is 0 Å². The zero-order valence-electron chi connectivity index (χ0n) is 16.7. The summed E-state index contributed by atoms with van der Waals surface area (Å²) in [4.78, 5) is 9.59. The Morgan fingerprint density at radius 1 is 1.26 bits per heavy atom. The molecule has 1 fully saturated rings. The molecule has 27 heavy (non-hydrogen) atoms. The Bertz CT molecular complexity index is 715. The molecule has 3 heterocycles. The van der Waals surface area contributed by atoms with Crippen LogP contribution in [0.3, 0.4) is 0 Å². The minimum absolute atomic E-state index is 0.805. The first-order valence-electron chi connectivity index (χ1n) is 9.81. The third kappa shape index (κ3) is 5.56. The summed E-state index contributed by atoms with van der Waals surface area (Å²) >= 11 is 0. The van der Waals surface area contributed by atoms with Crippen molar-refractivity contribution in [1.82, 2.24) is 30.1 Å². The highest BCUT2D eigenvalue weighted by Crippen LogP contribution is 2.08. The summed E-state index contributed by atoms with van der Waals surface area (Å²) in [6, 6.07) is 4.05. The number of aliphatic imine (C=N–C) groups is 1. The number of piperazine rings is 1. The van der Waals surface area contributed by atoms with Gasteiger partial charge in [-0.1, -0.05) is 5.16 Å². The molecule has 2 aromatic heterocycles. The van der Waals surface area contributed by atoms with Gasteiger partial charge in [0, 0.05) is 64.1 Å². The van der Waals surface area contributed by atoms with Gasteiger partial charge >= 0.3 is 0 Å². The average molecular weight is 374 g/mol. The number of nitrogens with one attached hydrogen (secondary N) is 1. The number of hydrogen-bond donors (Lipinski definition) is 1. The van der Waals surface area contributed by atoms with Crippen molar-refractivity contribution in [2.75, 3.05) is 39.3 Å². The molecule has 8 heteroatoms. The Morgan fingerprint density at radius 2 is 2.07 bits per heavy atom. The Hall–Kier alpha value is -2.35. The highest BCUT2D eigenvalue weighted by atomic mass is 16.5. The van der Waals surface area contributed by atoms with Crippen molar-refractivity contribution in [3.05, 3.63) is 35.5 Å². The lowest BCUT2D eigenvalue weighted by Crippen LogP contribution is -2.52. The van der Waals surface area contributed by atoms with Crippen molar-refractivity contribution in [2.24, 2.45) is 4.99 Å². The fourth-order valence-electron chi connectivity index (χ4n) is 3.40. The second-order valence-corrected chi connectivity index (χ2v) is 6.99. The minimum Gasteiger partial charge on any atom is -0.364 e. The lowest BCUT2D eigenvalue weighted by molar-refractivity contribution is 0.169. The summed E-state index contributed by atoms with van der Waals surface area (Å²) < 4.78 is 6.99. The highest BCUT2D eigenvalue weighted by molar-refractivity contribution is 5.80. The van der Waals surface area contributed by atoms with Gasteiger partial charge in [-0.15, -0.1) is 0 Å². The van der Waals surface area contributed by atoms with Crippen LogP contribution in [-0.4, -0.2) is 70.0 Å². The van der Waals surface area contributed by atoms with E-state index in [-0.39, 0.29) is 0 Å². The largest absolute Gasteiger partial charge is 0.364 e. The van der Waals surface area contributed by atoms with Crippen LogP contribution in [-0.2, 0) is 13.1 Å². The lowest BCUT2D eigenvalue weighted by atomic mass is 10.3. The maximum atomic E-state index is 4.92. The topological polar surface area (TPSA) is 74.7 Å². The Balaban J connectivity index is 1.46. The molecule has 2 aromatic rings. The molecule has 0 amide bonds. The van der Waals surface area contributed by atoms with Gasteiger partial charge in [0.1, 0.15) is 6.26 Å². The van der Waals surface area contributed by atoms with E-state index in [1.165, 1.54) is 5.69 Å². The quantitative estimate of drug-likeness (QED) is 0.452. The van der Waals surface area contributed by atoms with Crippen LogP contribution in [0.25, 0.3) is 0 Å². The summed E-state index contributed by atoms with van der Waals surface area (Å²) in [5.74, 6) is 1.02. The predicted molar refractivity (Wildman–Crippen MR) is 106 cm³/mol. The monoisotopic (exact) mass is 373 g/mol. The Labute approximate surface area is 161 Å². The molecule has 1 aliphatic heterocycles. The van der Waals surface area contributed by atoms with Gasteiger partial charge < -0.3 is 14.7 Å². The van der Waals surface area contributed by atoms with Crippen LogP contribution in [0, 0.1) is 13.8 Å². The van der Waals surface area contributed by atoms with E-state index in [0.29, 0.717) is 0 Å². The zero-order chi connectivity index (χ0) is 19.1. The third-order valence-corrected chi connectivity index (χ3v) is 4.78. The van der Waals surface area contributed by atoms with Crippen molar-refractivity contribution in [3.63, 3.8) is 0 Å². The molecule has 0 saturated carbocycles. The lowest BCUT2D eigenvalue weighted by Gasteiger charge is -2.36. The number of guanidine groups is 1. The summed E-state index contributed by atoms with van der Waals surface area (Å²) in [6.07, 6.45) is 2.62. The first-order valence-corrected chi connectivity index (χ1v) is 9.81. The number of nitrogens with zero attached hydrogens (tertiary/aromatic N) is 6. The van der Waals surface area contributed by atoms with Gasteiger partial charge in [-0.25, -0.2) is 0 Å². The van der Waals surface area contributed by atoms with Crippen molar-refractivity contribution < 1.29 is 4.52 Å². The van der Waals surface area contributed by atoms with Gasteiger partial charge in [0.25, 0.3) is 0 Å². The first-order chi connectivity index (χ1) is 13.2. The van der Waals surface area contributed by atoms with Crippen molar-refractivity contribution >= 4 is 5.96 Å². The molecule has 1 N–H and O–H groups in total. The number of hydrogen-bond acceptors (Lipinski definition) is 5. The summed E-state index contributed by atoms with van der Waals surface area (Å²) in [5.41, 5.74) is 3.28. The van der Waals surface area contributed by atoms with Crippen LogP contribution >= 0.6 is 0 Å². The summed E-state index contributed by atoms with van der Waals surface area (Å²) in [7, 11) is 0. The van der Waals surface area contributed by atoms with Crippen molar-refractivity contribution in [3.8, 4) is 0 Å². The molecule has 1 aliphatic rings. The van der Waals surface area contributed by atoms with Gasteiger partial charge in [-0.2, -0.15) is 5.10 Å². The molecular weight excluding hydrogens is 342 g/mol. The van der Waals surface area contributed by atoms with Crippen LogP contribution in [0.2, 0.25) is 0 Å². The number of rotatable bonds is 7. The predicted octanol–water partition coefficient (Wildman–Crippen LogP) is 1.66. The normalized spacial score (nSPS) is 16.1. The molecule has 0 bridgehead atoms. The van der Waals surface area contributed by atoms with Crippen molar-refractivity contribution in [1.29, 1.82) is 0 Å². The van der Waals surface area contributed by atoms with Gasteiger partial charge in [0.15, 0.2) is 5.96 Å². The van der Waals surface area contributed by atoms with Gasteiger partial charge in [0.2, 0.25) is 0 Å². The van der Waals surface area contributed by atoms with Gasteiger partial charge in [-0.3, -0.25) is 14.6 Å². The SMILES string of the molecule is CCNC(=NCCCn1nc(C)cc1C)N1CCN(Cc2ccon2)CC1. The fraction of sp³-hybridized carbons (Fsp3) is 0.632. The van der Waals surface area contributed by atoms with Gasteiger partial charge in [-0.05, 0) is 33.3 Å². The smallest absolute Gasteiger partial charge is 0.194 e. The molecule has 0 aromatic carbocycles. The second-order valence-electron chi connectivity index (χ2n) is 6.99. The molecule has 0 radical (unpaired) electrons. The van der Waals surface area contributed by atoms with E-state index in [9.17, 15) is 0 Å².